The fraction of sp³-hybridized carbons (Fsp3) is 0.625. The van der Waals surface area contributed by atoms with Crippen LogP contribution in [0.2, 0.25) is 0 Å². The smallest absolute Gasteiger partial charge is 0.124 e. The maximum absolute atomic E-state index is 9.38. The van der Waals surface area contributed by atoms with E-state index in [9.17, 15) is 5.11 Å². The zero-order valence-electron chi connectivity index (χ0n) is 12.2. The van der Waals surface area contributed by atoms with Gasteiger partial charge in [0, 0.05) is 29.6 Å². The van der Waals surface area contributed by atoms with E-state index in [1.54, 1.807) is 0 Å². The van der Waals surface area contributed by atoms with Crippen LogP contribution < -0.4 is 14.8 Å². The molecule has 1 unspecified atom stereocenters. The SMILES string of the molecule is CCOc1cc2c(cc1CNC1(CO)CC1)OC(C)C2. The van der Waals surface area contributed by atoms with Gasteiger partial charge in [-0.25, -0.2) is 0 Å². The first-order valence-electron chi connectivity index (χ1n) is 7.47. The predicted octanol–water partition coefficient (Wildman–Crippen LogP) is 2.02. The van der Waals surface area contributed by atoms with E-state index >= 15 is 0 Å². The van der Waals surface area contributed by atoms with E-state index in [0.717, 1.165) is 36.3 Å². The van der Waals surface area contributed by atoms with E-state index in [0.29, 0.717) is 13.2 Å². The van der Waals surface area contributed by atoms with Gasteiger partial charge in [0.2, 0.25) is 0 Å². The molecule has 0 bridgehead atoms. The molecular formula is C16H23NO3. The number of benzene rings is 1. The molecular weight excluding hydrogens is 254 g/mol. The summed E-state index contributed by atoms with van der Waals surface area (Å²) in [5.74, 6) is 1.91. The summed E-state index contributed by atoms with van der Waals surface area (Å²) < 4.78 is 11.6. The maximum Gasteiger partial charge on any atom is 0.124 e. The van der Waals surface area contributed by atoms with Gasteiger partial charge in [0.15, 0.2) is 0 Å². The lowest BCUT2D eigenvalue weighted by Crippen LogP contribution is -2.34. The molecule has 110 valence electrons. The number of nitrogens with one attached hydrogen (secondary N) is 1. The summed E-state index contributed by atoms with van der Waals surface area (Å²) >= 11 is 0. The second-order valence-corrected chi connectivity index (χ2v) is 5.93. The lowest BCUT2D eigenvalue weighted by molar-refractivity contribution is 0.228. The van der Waals surface area contributed by atoms with Crippen molar-refractivity contribution < 1.29 is 14.6 Å². The summed E-state index contributed by atoms with van der Waals surface area (Å²) in [6, 6.07) is 4.20. The van der Waals surface area contributed by atoms with Crippen molar-refractivity contribution in [3.05, 3.63) is 23.3 Å². The van der Waals surface area contributed by atoms with Crippen molar-refractivity contribution in [2.45, 2.75) is 51.3 Å². The fourth-order valence-corrected chi connectivity index (χ4v) is 2.73. The molecule has 20 heavy (non-hydrogen) atoms. The molecule has 1 atom stereocenters. The summed E-state index contributed by atoms with van der Waals surface area (Å²) in [5.41, 5.74) is 2.28. The molecule has 4 heteroatoms. The summed E-state index contributed by atoms with van der Waals surface area (Å²) in [6.07, 6.45) is 3.29. The van der Waals surface area contributed by atoms with Crippen LogP contribution in [0, 0.1) is 0 Å². The van der Waals surface area contributed by atoms with E-state index in [-0.39, 0.29) is 18.2 Å². The van der Waals surface area contributed by atoms with Crippen LogP contribution in [0.5, 0.6) is 11.5 Å². The van der Waals surface area contributed by atoms with Crippen LogP contribution in [0.3, 0.4) is 0 Å². The quantitative estimate of drug-likeness (QED) is 0.835. The van der Waals surface area contributed by atoms with Crippen LogP contribution >= 0.6 is 0 Å². The Bertz CT molecular complexity index is 497. The van der Waals surface area contributed by atoms with Gasteiger partial charge in [0.25, 0.3) is 0 Å². The zero-order valence-corrected chi connectivity index (χ0v) is 12.2. The largest absolute Gasteiger partial charge is 0.494 e. The standard InChI is InChI=1S/C16H23NO3/c1-3-19-14-7-12-6-11(2)20-15(12)8-13(14)9-17-16(10-18)4-5-16/h7-8,11,17-18H,3-6,9-10H2,1-2H3. The number of hydrogen-bond donors (Lipinski definition) is 2. The van der Waals surface area contributed by atoms with Crippen LogP contribution in [-0.4, -0.2) is 30.0 Å². The van der Waals surface area contributed by atoms with E-state index in [4.69, 9.17) is 9.47 Å². The Morgan fingerprint density at radius 3 is 2.90 bits per heavy atom. The van der Waals surface area contributed by atoms with Crippen LogP contribution in [-0.2, 0) is 13.0 Å². The first kappa shape index (κ1) is 13.7. The Morgan fingerprint density at radius 1 is 1.45 bits per heavy atom. The zero-order chi connectivity index (χ0) is 14.2. The Labute approximate surface area is 120 Å². The van der Waals surface area contributed by atoms with Crippen molar-refractivity contribution in [1.82, 2.24) is 5.32 Å². The molecule has 2 aliphatic rings. The second-order valence-electron chi connectivity index (χ2n) is 5.93. The minimum atomic E-state index is -0.0589. The highest BCUT2D eigenvalue weighted by Crippen LogP contribution is 2.38. The predicted molar refractivity (Wildman–Crippen MR) is 77.3 cm³/mol. The maximum atomic E-state index is 9.38. The van der Waals surface area contributed by atoms with Gasteiger partial charge in [0.05, 0.1) is 13.2 Å². The lowest BCUT2D eigenvalue weighted by atomic mass is 10.1. The highest BCUT2D eigenvalue weighted by atomic mass is 16.5. The van der Waals surface area contributed by atoms with Gasteiger partial charge in [-0.2, -0.15) is 0 Å². The number of fused-ring (bicyclic) bond motifs is 1. The number of aliphatic hydroxyl groups is 1. The molecule has 0 amide bonds. The molecule has 1 saturated carbocycles. The summed E-state index contributed by atoms with van der Waals surface area (Å²) in [6.45, 7) is 5.66. The Hall–Kier alpha value is -1.26. The second kappa shape index (κ2) is 5.26. The third-order valence-electron chi connectivity index (χ3n) is 4.19. The first-order valence-corrected chi connectivity index (χ1v) is 7.47. The third-order valence-corrected chi connectivity index (χ3v) is 4.19. The summed E-state index contributed by atoms with van der Waals surface area (Å²) in [4.78, 5) is 0. The molecule has 1 aliphatic carbocycles. The van der Waals surface area contributed by atoms with Crippen molar-refractivity contribution in [3.8, 4) is 11.5 Å². The van der Waals surface area contributed by atoms with Crippen molar-refractivity contribution in [2.75, 3.05) is 13.2 Å². The topological polar surface area (TPSA) is 50.7 Å². The van der Waals surface area contributed by atoms with Crippen LogP contribution in [0.1, 0.15) is 37.8 Å². The summed E-state index contributed by atoms with van der Waals surface area (Å²) in [7, 11) is 0. The molecule has 1 fully saturated rings. The van der Waals surface area contributed by atoms with E-state index in [1.807, 2.05) is 6.92 Å². The number of hydrogen-bond acceptors (Lipinski definition) is 4. The molecule has 1 aromatic carbocycles. The van der Waals surface area contributed by atoms with Crippen LogP contribution in [0.25, 0.3) is 0 Å². The monoisotopic (exact) mass is 277 g/mol. The van der Waals surface area contributed by atoms with Crippen molar-refractivity contribution >= 4 is 0 Å². The number of aliphatic hydroxyl groups excluding tert-OH is 1. The minimum Gasteiger partial charge on any atom is -0.494 e. The lowest BCUT2D eigenvalue weighted by Gasteiger charge is -2.17. The van der Waals surface area contributed by atoms with Gasteiger partial charge in [-0.15, -0.1) is 0 Å². The molecule has 0 radical (unpaired) electrons. The van der Waals surface area contributed by atoms with Gasteiger partial charge >= 0.3 is 0 Å². The molecule has 1 heterocycles. The number of ether oxygens (including phenoxy) is 2. The Balaban J connectivity index is 1.79. The van der Waals surface area contributed by atoms with Crippen molar-refractivity contribution in [3.63, 3.8) is 0 Å². The van der Waals surface area contributed by atoms with Crippen molar-refractivity contribution in [2.24, 2.45) is 0 Å². The first-order chi connectivity index (χ1) is 9.65. The van der Waals surface area contributed by atoms with E-state index in [2.05, 4.69) is 24.4 Å². The molecule has 4 nitrogen and oxygen atoms in total. The Kier molecular flexibility index (Phi) is 3.61. The molecule has 3 rings (SSSR count). The summed E-state index contributed by atoms with van der Waals surface area (Å²) in [5, 5.41) is 12.8. The highest BCUT2D eigenvalue weighted by molar-refractivity contribution is 5.48. The normalized spacial score (nSPS) is 22.2. The van der Waals surface area contributed by atoms with Crippen LogP contribution in [0.4, 0.5) is 0 Å². The van der Waals surface area contributed by atoms with Gasteiger partial charge in [-0.05, 0) is 38.8 Å². The van der Waals surface area contributed by atoms with E-state index < -0.39 is 0 Å². The highest BCUT2D eigenvalue weighted by Gasteiger charge is 2.41. The van der Waals surface area contributed by atoms with Gasteiger partial charge in [0.1, 0.15) is 17.6 Å². The minimum absolute atomic E-state index is 0.0589. The fourth-order valence-electron chi connectivity index (χ4n) is 2.73. The molecule has 0 spiro atoms. The average molecular weight is 277 g/mol. The van der Waals surface area contributed by atoms with Crippen molar-refractivity contribution in [1.29, 1.82) is 0 Å². The Morgan fingerprint density at radius 2 is 2.25 bits per heavy atom. The van der Waals surface area contributed by atoms with Gasteiger partial charge < -0.3 is 19.9 Å². The number of rotatable bonds is 6. The third kappa shape index (κ3) is 2.63. The van der Waals surface area contributed by atoms with Crippen LogP contribution in [0.15, 0.2) is 12.1 Å². The molecule has 0 aromatic heterocycles. The molecule has 1 aromatic rings. The molecule has 1 aliphatic heterocycles. The van der Waals surface area contributed by atoms with Gasteiger partial charge in [-0.3, -0.25) is 0 Å². The molecule has 2 N–H and O–H groups in total. The molecule has 0 saturated heterocycles. The average Bonchev–Trinajstić information content (AvgIpc) is 3.12. The van der Waals surface area contributed by atoms with Gasteiger partial charge in [-0.1, -0.05) is 0 Å². The van der Waals surface area contributed by atoms with E-state index in [1.165, 1.54) is 5.56 Å².